The number of nitrogen functional groups attached to an aromatic ring is 1. The zero-order valence-corrected chi connectivity index (χ0v) is 11.8. The number of carbonyl (C=O) groups is 1. The van der Waals surface area contributed by atoms with Gasteiger partial charge in [-0.2, -0.15) is 0 Å². The first-order chi connectivity index (χ1) is 10.1. The van der Waals surface area contributed by atoms with E-state index >= 15 is 0 Å². The van der Waals surface area contributed by atoms with Gasteiger partial charge in [0, 0.05) is 23.1 Å². The molecule has 6 nitrogen and oxygen atoms in total. The molecule has 2 aromatic rings. The van der Waals surface area contributed by atoms with Crippen LogP contribution in [0, 0.1) is 0 Å². The summed E-state index contributed by atoms with van der Waals surface area (Å²) in [7, 11) is 3.09. The number of amides is 2. The minimum atomic E-state index is -0.368. The van der Waals surface area contributed by atoms with E-state index in [-0.39, 0.29) is 6.03 Å². The highest BCUT2D eigenvalue weighted by atomic mass is 16.5. The van der Waals surface area contributed by atoms with Crippen LogP contribution in [0.25, 0.3) is 0 Å². The van der Waals surface area contributed by atoms with Crippen molar-refractivity contribution in [3.63, 3.8) is 0 Å². The van der Waals surface area contributed by atoms with Gasteiger partial charge in [0.2, 0.25) is 0 Å². The predicted octanol–water partition coefficient (Wildman–Crippen LogP) is 2.93. The summed E-state index contributed by atoms with van der Waals surface area (Å²) in [5.41, 5.74) is 7.45. The maximum absolute atomic E-state index is 11.9. The van der Waals surface area contributed by atoms with E-state index in [1.165, 1.54) is 7.11 Å². The van der Waals surface area contributed by atoms with E-state index in [4.69, 9.17) is 15.2 Å². The van der Waals surface area contributed by atoms with Crippen molar-refractivity contribution < 1.29 is 14.3 Å². The molecule has 0 fully saturated rings. The molecule has 0 saturated carbocycles. The smallest absolute Gasteiger partial charge is 0.323 e. The van der Waals surface area contributed by atoms with Gasteiger partial charge in [0.1, 0.15) is 0 Å². The number of benzene rings is 2. The number of carbonyl (C=O) groups excluding carboxylic acids is 1. The second kappa shape index (κ2) is 6.51. The number of methoxy groups -OCH3 is 2. The van der Waals surface area contributed by atoms with E-state index in [1.54, 1.807) is 49.6 Å². The Morgan fingerprint density at radius 3 is 2.24 bits per heavy atom. The third-order valence-electron chi connectivity index (χ3n) is 2.79. The third kappa shape index (κ3) is 3.79. The number of anilines is 3. The predicted molar refractivity (Wildman–Crippen MR) is 83.0 cm³/mol. The van der Waals surface area contributed by atoms with Crippen LogP contribution < -0.4 is 25.8 Å². The molecule has 0 aliphatic carbocycles. The van der Waals surface area contributed by atoms with Gasteiger partial charge < -0.3 is 25.8 Å². The maximum Gasteiger partial charge on any atom is 0.323 e. The molecule has 0 heterocycles. The van der Waals surface area contributed by atoms with Crippen LogP contribution in [0.2, 0.25) is 0 Å². The summed E-state index contributed by atoms with van der Waals surface area (Å²) in [4.78, 5) is 11.9. The summed E-state index contributed by atoms with van der Waals surface area (Å²) in [5.74, 6) is 1.14. The second-order valence-corrected chi connectivity index (χ2v) is 4.27. The number of nitrogens with one attached hydrogen (secondary N) is 2. The van der Waals surface area contributed by atoms with Crippen LogP contribution in [0.1, 0.15) is 0 Å². The van der Waals surface area contributed by atoms with Crippen LogP contribution in [0.5, 0.6) is 11.5 Å². The number of rotatable bonds is 4. The van der Waals surface area contributed by atoms with Gasteiger partial charge in [-0.3, -0.25) is 0 Å². The summed E-state index contributed by atoms with van der Waals surface area (Å²) in [5, 5.41) is 5.40. The summed E-state index contributed by atoms with van der Waals surface area (Å²) in [6.07, 6.45) is 0. The lowest BCUT2D eigenvalue weighted by Gasteiger charge is -2.11. The largest absolute Gasteiger partial charge is 0.493 e. The number of urea groups is 1. The van der Waals surface area contributed by atoms with Crippen molar-refractivity contribution >= 4 is 23.1 Å². The first-order valence-electron chi connectivity index (χ1n) is 6.28. The molecule has 2 amide bonds. The Morgan fingerprint density at radius 2 is 1.62 bits per heavy atom. The first-order valence-corrected chi connectivity index (χ1v) is 6.28. The molecular weight excluding hydrogens is 270 g/mol. The number of ether oxygens (including phenoxy) is 2. The van der Waals surface area contributed by atoms with Crippen LogP contribution in [-0.2, 0) is 0 Å². The molecule has 0 radical (unpaired) electrons. The summed E-state index contributed by atoms with van der Waals surface area (Å²) < 4.78 is 10.3. The molecule has 0 bridgehead atoms. The van der Waals surface area contributed by atoms with Gasteiger partial charge in [-0.15, -0.1) is 0 Å². The molecule has 0 unspecified atom stereocenters. The molecular formula is C15H17N3O3. The lowest BCUT2D eigenvalue weighted by atomic mass is 10.2. The zero-order valence-electron chi connectivity index (χ0n) is 11.8. The van der Waals surface area contributed by atoms with E-state index in [1.807, 2.05) is 0 Å². The van der Waals surface area contributed by atoms with Crippen LogP contribution >= 0.6 is 0 Å². The van der Waals surface area contributed by atoms with E-state index < -0.39 is 0 Å². The highest BCUT2D eigenvalue weighted by molar-refractivity contribution is 6.00. The molecule has 0 aliphatic rings. The van der Waals surface area contributed by atoms with E-state index in [9.17, 15) is 4.79 Å². The van der Waals surface area contributed by atoms with E-state index in [2.05, 4.69) is 10.6 Å². The standard InChI is InChI=1S/C15H17N3O3/c1-20-13-7-6-12(9-14(13)21-2)18-15(19)17-11-5-3-4-10(16)8-11/h3-9H,16H2,1-2H3,(H2,17,18,19). The molecule has 0 aromatic heterocycles. The van der Waals surface area contributed by atoms with Crippen molar-refractivity contribution in [2.45, 2.75) is 0 Å². The van der Waals surface area contributed by atoms with Crippen LogP contribution in [-0.4, -0.2) is 20.3 Å². The molecule has 0 aliphatic heterocycles. The fourth-order valence-electron chi connectivity index (χ4n) is 1.82. The Morgan fingerprint density at radius 1 is 0.952 bits per heavy atom. The van der Waals surface area contributed by atoms with E-state index in [0.29, 0.717) is 28.6 Å². The van der Waals surface area contributed by atoms with Gasteiger partial charge in [-0.05, 0) is 30.3 Å². The topological polar surface area (TPSA) is 85.6 Å². The molecule has 2 aromatic carbocycles. The Bertz CT molecular complexity index is 644. The van der Waals surface area contributed by atoms with Crippen molar-refractivity contribution in [3.8, 4) is 11.5 Å². The number of hydrogen-bond acceptors (Lipinski definition) is 4. The highest BCUT2D eigenvalue weighted by Gasteiger charge is 2.07. The van der Waals surface area contributed by atoms with Gasteiger partial charge in [-0.25, -0.2) is 4.79 Å². The molecule has 6 heteroatoms. The molecule has 2 rings (SSSR count). The quantitative estimate of drug-likeness (QED) is 0.755. The van der Waals surface area contributed by atoms with Crippen molar-refractivity contribution in [3.05, 3.63) is 42.5 Å². The van der Waals surface area contributed by atoms with Crippen molar-refractivity contribution in [1.29, 1.82) is 0 Å². The molecule has 110 valence electrons. The molecule has 4 N–H and O–H groups in total. The second-order valence-electron chi connectivity index (χ2n) is 4.27. The Kier molecular flexibility index (Phi) is 4.50. The average Bonchev–Trinajstić information content (AvgIpc) is 2.47. The SMILES string of the molecule is COc1ccc(NC(=O)Nc2cccc(N)c2)cc1OC. The first kappa shape index (κ1) is 14.5. The van der Waals surface area contributed by atoms with Gasteiger partial charge in [0.25, 0.3) is 0 Å². The molecule has 0 atom stereocenters. The van der Waals surface area contributed by atoms with Crippen LogP contribution in [0.15, 0.2) is 42.5 Å². The average molecular weight is 287 g/mol. The number of hydrogen-bond donors (Lipinski definition) is 3. The Hall–Kier alpha value is -2.89. The van der Waals surface area contributed by atoms with Crippen LogP contribution in [0.4, 0.5) is 21.9 Å². The third-order valence-corrected chi connectivity index (χ3v) is 2.79. The lowest BCUT2D eigenvalue weighted by Crippen LogP contribution is -2.19. The monoisotopic (exact) mass is 287 g/mol. The molecule has 21 heavy (non-hydrogen) atoms. The fraction of sp³-hybridized carbons (Fsp3) is 0.133. The zero-order chi connectivity index (χ0) is 15.2. The maximum atomic E-state index is 11.9. The van der Waals surface area contributed by atoms with Gasteiger partial charge in [-0.1, -0.05) is 6.07 Å². The summed E-state index contributed by atoms with van der Waals surface area (Å²) in [6, 6.07) is 11.7. The minimum Gasteiger partial charge on any atom is -0.493 e. The Balaban J connectivity index is 2.06. The van der Waals surface area contributed by atoms with E-state index in [0.717, 1.165) is 0 Å². The summed E-state index contributed by atoms with van der Waals surface area (Å²) in [6.45, 7) is 0. The molecule has 0 spiro atoms. The van der Waals surface area contributed by atoms with Crippen molar-refractivity contribution in [1.82, 2.24) is 0 Å². The number of nitrogens with two attached hydrogens (primary N) is 1. The summed E-state index contributed by atoms with van der Waals surface area (Å²) >= 11 is 0. The minimum absolute atomic E-state index is 0.368. The van der Waals surface area contributed by atoms with Crippen molar-refractivity contribution in [2.24, 2.45) is 0 Å². The normalized spacial score (nSPS) is 9.81. The fourth-order valence-corrected chi connectivity index (χ4v) is 1.82. The Labute approximate surface area is 122 Å². The highest BCUT2D eigenvalue weighted by Crippen LogP contribution is 2.29. The van der Waals surface area contributed by atoms with Crippen molar-refractivity contribution in [2.75, 3.05) is 30.6 Å². The lowest BCUT2D eigenvalue weighted by molar-refractivity contribution is 0.262. The van der Waals surface area contributed by atoms with Gasteiger partial charge in [0.05, 0.1) is 14.2 Å². The van der Waals surface area contributed by atoms with Gasteiger partial charge in [0.15, 0.2) is 11.5 Å². The van der Waals surface area contributed by atoms with Gasteiger partial charge >= 0.3 is 6.03 Å². The van der Waals surface area contributed by atoms with Crippen LogP contribution in [0.3, 0.4) is 0 Å². The molecule has 0 saturated heterocycles.